The molecule has 1 atom stereocenters. The zero-order valence-corrected chi connectivity index (χ0v) is 15.4. The molecular formula is C18H17ClN6O2. The van der Waals surface area contributed by atoms with Crippen LogP contribution in [0.3, 0.4) is 0 Å². The lowest BCUT2D eigenvalue weighted by Gasteiger charge is -2.33. The summed E-state index contributed by atoms with van der Waals surface area (Å²) in [6, 6.07) is 6.70. The summed E-state index contributed by atoms with van der Waals surface area (Å²) in [5.74, 6) is 2.78. The summed E-state index contributed by atoms with van der Waals surface area (Å²) in [4.78, 5) is 19.1. The normalized spacial score (nSPS) is 19.2. The molecule has 1 amide bonds. The average molecular weight is 385 g/mol. The van der Waals surface area contributed by atoms with Crippen molar-refractivity contribution in [2.75, 3.05) is 6.54 Å². The summed E-state index contributed by atoms with van der Waals surface area (Å²) in [5, 5.41) is 13.2. The van der Waals surface area contributed by atoms with E-state index in [1.165, 1.54) is 0 Å². The van der Waals surface area contributed by atoms with Crippen molar-refractivity contribution < 1.29 is 9.32 Å². The number of amides is 1. The summed E-state index contributed by atoms with van der Waals surface area (Å²) in [6.45, 7) is 3.08. The minimum atomic E-state index is -0.210. The second-order valence-corrected chi connectivity index (χ2v) is 7.38. The fourth-order valence-corrected chi connectivity index (χ4v) is 3.53. The van der Waals surface area contributed by atoms with Crippen LogP contribution < -0.4 is 0 Å². The molecule has 1 aliphatic heterocycles. The number of rotatable bonds is 3. The Morgan fingerprint density at radius 3 is 2.70 bits per heavy atom. The van der Waals surface area contributed by atoms with Gasteiger partial charge >= 0.3 is 0 Å². The van der Waals surface area contributed by atoms with Gasteiger partial charge in [0, 0.05) is 29.6 Å². The van der Waals surface area contributed by atoms with Gasteiger partial charge < -0.3 is 14.0 Å². The van der Waals surface area contributed by atoms with Gasteiger partial charge in [-0.25, -0.2) is 0 Å². The molecule has 0 N–H and O–H groups in total. The molecule has 0 saturated heterocycles. The van der Waals surface area contributed by atoms with Gasteiger partial charge in [0.1, 0.15) is 0 Å². The third-order valence-electron chi connectivity index (χ3n) is 5.11. The number of aromatic nitrogens is 5. The van der Waals surface area contributed by atoms with Crippen LogP contribution in [-0.4, -0.2) is 42.3 Å². The summed E-state index contributed by atoms with van der Waals surface area (Å²) in [7, 11) is 0. The van der Waals surface area contributed by atoms with E-state index in [1.54, 1.807) is 29.2 Å². The molecule has 138 valence electrons. The van der Waals surface area contributed by atoms with E-state index in [2.05, 4.69) is 20.3 Å². The zero-order valence-electron chi connectivity index (χ0n) is 14.7. The Morgan fingerprint density at radius 1 is 1.19 bits per heavy atom. The van der Waals surface area contributed by atoms with E-state index < -0.39 is 0 Å². The van der Waals surface area contributed by atoms with E-state index in [0.717, 1.165) is 18.7 Å². The summed E-state index contributed by atoms with van der Waals surface area (Å²) < 4.78 is 7.31. The molecule has 1 saturated carbocycles. The maximum absolute atomic E-state index is 12.9. The minimum absolute atomic E-state index is 0.0504. The van der Waals surface area contributed by atoms with Crippen LogP contribution >= 0.6 is 11.6 Å². The topological polar surface area (TPSA) is 89.9 Å². The van der Waals surface area contributed by atoms with Gasteiger partial charge in [0.05, 0.1) is 6.04 Å². The Balaban J connectivity index is 1.42. The van der Waals surface area contributed by atoms with Gasteiger partial charge in [-0.2, -0.15) is 4.98 Å². The molecule has 3 aromatic rings. The van der Waals surface area contributed by atoms with Gasteiger partial charge in [0.2, 0.25) is 17.5 Å². The van der Waals surface area contributed by atoms with Crippen molar-refractivity contribution in [3.05, 3.63) is 46.6 Å². The van der Waals surface area contributed by atoms with Crippen LogP contribution in [0.4, 0.5) is 0 Å². The van der Waals surface area contributed by atoms with Crippen molar-refractivity contribution in [1.82, 2.24) is 29.8 Å². The van der Waals surface area contributed by atoms with Gasteiger partial charge in [-0.15, -0.1) is 10.2 Å². The van der Waals surface area contributed by atoms with Crippen LogP contribution in [0.2, 0.25) is 5.02 Å². The molecule has 2 aromatic heterocycles. The highest BCUT2D eigenvalue weighted by atomic mass is 35.5. The maximum atomic E-state index is 12.9. The van der Waals surface area contributed by atoms with Crippen molar-refractivity contribution in [1.29, 1.82) is 0 Å². The van der Waals surface area contributed by atoms with Crippen molar-refractivity contribution in [2.45, 2.75) is 38.3 Å². The molecule has 8 nitrogen and oxygen atoms in total. The Kier molecular flexibility index (Phi) is 3.75. The molecule has 27 heavy (non-hydrogen) atoms. The predicted molar refractivity (Wildman–Crippen MR) is 96.2 cm³/mol. The first-order valence-corrected chi connectivity index (χ1v) is 9.33. The lowest BCUT2D eigenvalue weighted by Crippen LogP contribution is -2.41. The van der Waals surface area contributed by atoms with E-state index >= 15 is 0 Å². The van der Waals surface area contributed by atoms with Crippen molar-refractivity contribution >= 4 is 17.5 Å². The number of fused-ring (bicyclic) bond motifs is 1. The van der Waals surface area contributed by atoms with Crippen LogP contribution in [0.25, 0.3) is 11.6 Å². The van der Waals surface area contributed by atoms with Gasteiger partial charge in [-0.3, -0.25) is 4.79 Å². The second-order valence-electron chi connectivity index (χ2n) is 6.95. The number of nitrogens with zero attached hydrogens (tertiary/aromatic N) is 6. The average Bonchev–Trinajstić information content (AvgIpc) is 3.24. The Labute approximate surface area is 160 Å². The standard InChI is InChI=1S/C18H17ClN6O2/c1-10-15-21-22-16(14-20-17(27-23-14)11-2-3-11)25(15)9-8-24(10)18(26)12-4-6-13(19)7-5-12/h4-7,10-11H,2-3,8-9H2,1H3/t10-/m1/s1. The zero-order chi connectivity index (χ0) is 18.5. The molecule has 0 radical (unpaired) electrons. The smallest absolute Gasteiger partial charge is 0.254 e. The Hall–Kier alpha value is -2.74. The Morgan fingerprint density at radius 2 is 1.96 bits per heavy atom. The second kappa shape index (κ2) is 6.16. The summed E-state index contributed by atoms with van der Waals surface area (Å²) in [5.41, 5.74) is 0.603. The van der Waals surface area contributed by atoms with Gasteiger partial charge in [-0.1, -0.05) is 16.8 Å². The highest BCUT2D eigenvalue weighted by molar-refractivity contribution is 6.30. The van der Waals surface area contributed by atoms with Gasteiger partial charge in [0.15, 0.2) is 5.82 Å². The number of carbonyl (C=O) groups excluding carboxylic acids is 1. The number of benzene rings is 1. The highest BCUT2D eigenvalue weighted by Gasteiger charge is 2.34. The molecule has 0 unspecified atom stereocenters. The van der Waals surface area contributed by atoms with Crippen molar-refractivity contribution in [3.8, 4) is 11.6 Å². The van der Waals surface area contributed by atoms with E-state index in [4.69, 9.17) is 16.1 Å². The molecule has 1 aromatic carbocycles. The van der Waals surface area contributed by atoms with Crippen molar-refractivity contribution in [2.24, 2.45) is 0 Å². The first-order valence-electron chi connectivity index (χ1n) is 8.95. The molecular weight excluding hydrogens is 368 g/mol. The molecule has 5 rings (SSSR count). The largest absolute Gasteiger partial charge is 0.339 e. The van der Waals surface area contributed by atoms with Crippen LogP contribution in [-0.2, 0) is 6.54 Å². The number of hydrogen-bond donors (Lipinski definition) is 0. The van der Waals surface area contributed by atoms with Gasteiger partial charge in [-0.05, 0) is 44.0 Å². The fourth-order valence-electron chi connectivity index (χ4n) is 3.41. The molecule has 2 aliphatic rings. The summed E-state index contributed by atoms with van der Waals surface area (Å²) >= 11 is 5.92. The van der Waals surface area contributed by atoms with Crippen LogP contribution in [0.5, 0.6) is 0 Å². The van der Waals surface area contributed by atoms with E-state index in [1.807, 2.05) is 11.5 Å². The van der Waals surface area contributed by atoms with Crippen LogP contribution in [0, 0.1) is 0 Å². The third-order valence-corrected chi connectivity index (χ3v) is 5.36. The number of halogens is 1. The molecule has 3 heterocycles. The maximum Gasteiger partial charge on any atom is 0.254 e. The first-order chi connectivity index (χ1) is 13.1. The summed E-state index contributed by atoms with van der Waals surface area (Å²) in [6.07, 6.45) is 2.19. The first kappa shape index (κ1) is 16.4. The minimum Gasteiger partial charge on any atom is -0.339 e. The lowest BCUT2D eigenvalue weighted by molar-refractivity contribution is 0.0638. The molecule has 0 spiro atoms. The SMILES string of the molecule is C[C@@H]1c2nnc(-c3noc(C4CC4)n3)n2CCN1C(=O)c1ccc(Cl)cc1. The quantitative estimate of drug-likeness (QED) is 0.689. The monoisotopic (exact) mass is 384 g/mol. The third kappa shape index (κ3) is 2.80. The molecule has 1 aliphatic carbocycles. The van der Waals surface area contributed by atoms with Crippen LogP contribution in [0.1, 0.15) is 53.8 Å². The number of hydrogen-bond acceptors (Lipinski definition) is 6. The predicted octanol–water partition coefficient (Wildman–Crippen LogP) is 3.08. The van der Waals surface area contributed by atoms with E-state index in [9.17, 15) is 4.79 Å². The van der Waals surface area contributed by atoms with E-state index in [0.29, 0.717) is 47.1 Å². The molecule has 9 heteroatoms. The van der Waals surface area contributed by atoms with Crippen molar-refractivity contribution in [3.63, 3.8) is 0 Å². The Bertz CT molecular complexity index is 1010. The lowest BCUT2D eigenvalue weighted by atomic mass is 10.1. The van der Waals surface area contributed by atoms with E-state index in [-0.39, 0.29) is 11.9 Å². The van der Waals surface area contributed by atoms with Crippen LogP contribution in [0.15, 0.2) is 28.8 Å². The van der Waals surface area contributed by atoms with Gasteiger partial charge in [0.25, 0.3) is 5.91 Å². The fraction of sp³-hybridized carbons (Fsp3) is 0.389. The molecule has 0 bridgehead atoms. The number of carbonyl (C=O) groups is 1. The highest BCUT2D eigenvalue weighted by Crippen LogP contribution is 2.39. The molecule has 1 fully saturated rings.